The first kappa shape index (κ1) is 13.2. The Bertz CT molecular complexity index is 628. The Hall–Kier alpha value is -2.28. The van der Waals surface area contributed by atoms with E-state index in [1.807, 2.05) is 0 Å². The van der Waals surface area contributed by atoms with Crippen molar-refractivity contribution in [2.45, 2.75) is 0 Å². The second-order valence-electron chi connectivity index (χ2n) is 3.50. The third-order valence-electron chi connectivity index (χ3n) is 2.21. The van der Waals surface area contributed by atoms with E-state index < -0.39 is 17.6 Å². The molecule has 0 aliphatic carbocycles. The van der Waals surface area contributed by atoms with Crippen LogP contribution in [0.4, 0.5) is 5.69 Å². The van der Waals surface area contributed by atoms with E-state index >= 15 is 0 Å². The van der Waals surface area contributed by atoms with E-state index in [0.717, 1.165) is 4.47 Å². The summed E-state index contributed by atoms with van der Waals surface area (Å²) in [6.07, 6.45) is 2.42. The number of anilines is 1. The number of carbonyl (C=O) groups excluding carboxylic acids is 2. The Kier molecular flexibility index (Phi) is 3.86. The molecule has 19 heavy (non-hydrogen) atoms. The van der Waals surface area contributed by atoms with Gasteiger partial charge in [0.2, 0.25) is 0 Å². The van der Waals surface area contributed by atoms with Crippen LogP contribution < -0.4 is 10.4 Å². The molecule has 2 aromatic rings. The van der Waals surface area contributed by atoms with Gasteiger partial charge in [0.25, 0.3) is 5.91 Å². The number of carboxylic acids is 1. The van der Waals surface area contributed by atoms with Crippen molar-refractivity contribution in [3.8, 4) is 0 Å². The lowest BCUT2D eigenvalue weighted by molar-refractivity contribution is -0.255. The van der Waals surface area contributed by atoms with Gasteiger partial charge in [0.1, 0.15) is 5.69 Å². The fourth-order valence-electron chi connectivity index (χ4n) is 1.38. The molecule has 96 valence electrons. The van der Waals surface area contributed by atoms with Crippen LogP contribution in [0.15, 0.2) is 41.1 Å². The number of nitrogens with zero attached hydrogens (tertiary/aromatic N) is 2. The number of nitrogens with one attached hydrogen (secondary N) is 1. The van der Waals surface area contributed by atoms with E-state index in [0.29, 0.717) is 5.69 Å². The number of carbonyl (C=O) groups is 2. The van der Waals surface area contributed by atoms with Crippen LogP contribution in [0, 0.1) is 0 Å². The number of hydrogen-bond acceptors (Lipinski definition) is 5. The average Bonchev–Trinajstić information content (AvgIpc) is 2.41. The SMILES string of the molecule is O=C([O-])c1nccnc1C(=O)Nc1ccc(Br)cc1. The van der Waals surface area contributed by atoms with Gasteiger partial charge in [-0.05, 0) is 24.3 Å². The van der Waals surface area contributed by atoms with E-state index in [1.165, 1.54) is 12.4 Å². The Morgan fingerprint density at radius 1 is 1.05 bits per heavy atom. The normalized spacial score (nSPS) is 9.95. The van der Waals surface area contributed by atoms with Gasteiger partial charge < -0.3 is 15.2 Å². The summed E-state index contributed by atoms with van der Waals surface area (Å²) < 4.78 is 0.862. The maximum atomic E-state index is 11.9. The number of carboxylic acid groups (broad SMARTS) is 1. The molecule has 0 aliphatic rings. The molecule has 0 atom stereocenters. The highest BCUT2D eigenvalue weighted by atomic mass is 79.9. The van der Waals surface area contributed by atoms with Crippen molar-refractivity contribution in [3.05, 3.63) is 52.5 Å². The van der Waals surface area contributed by atoms with Crippen molar-refractivity contribution in [1.29, 1.82) is 0 Å². The number of aromatic nitrogens is 2. The van der Waals surface area contributed by atoms with Gasteiger partial charge in [-0.15, -0.1) is 0 Å². The smallest absolute Gasteiger partial charge is 0.276 e. The van der Waals surface area contributed by atoms with Gasteiger partial charge in [0.05, 0.1) is 5.97 Å². The molecule has 0 radical (unpaired) electrons. The average molecular weight is 321 g/mol. The minimum atomic E-state index is -1.55. The first-order chi connectivity index (χ1) is 9.08. The molecular weight excluding hydrogens is 314 g/mol. The molecule has 0 saturated carbocycles. The summed E-state index contributed by atoms with van der Waals surface area (Å²) in [5, 5.41) is 13.4. The highest BCUT2D eigenvalue weighted by Gasteiger charge is 2.14. The molecule has 0 fully saturated rings. The van der Waals surface area contributed by atoms with Gasteiger partial charge in [-0.3, -0.25) is 9.78 Å². The molecular formula is C12H7BrN3O3-. The van der Waals surface area contributed by atoms with Crippen molar-refractivity contribution >= 4 is 33.5 Å². The van der Waals surface area contributed by atoms with E-state index in [2.05, 4.69) is 31.2 Å². The second-order valence-corrected chi connectivity index (χ2v) is 4.42. The lowest BCUT2D eigenvalue weighted by Crippen LogP contribution is -2.28. The predicted molar refractivity (Wildman–Crippen MR) is 68.5 cm³/mol. The number of amides is 1. The first-order valence-electron chi connectivity index (χ1n) is 5.17. The van der Waals surface area contributed by atoms with Gasteiger partial charge in [-0.2, -0.15) is 0 Å². The maximum absolute atomic E-state index is 11.9. The van der Waals surface area contributed by atoms with Crippen LogP contribution in [0.1, 0.15) is 21.0 Å². The van der Waals surface area contributed by atoms with E-state index in [4.69, 9.17) is 0 Å². The Morgan fingerprint density at radius 3 is 2.21 bits per heavy atom. The lowest BCUT2D eigenvalue weighted by atomic mass is 10.2. The van der Waals surface area contributed by atoms with Gasteiger partial charge in [-0.25, -0.2) is 4.98 Å². The van der Waals surface area contributed by atoms with Crippen molar-refractivity contribution in [2.75, 3.05) is 5.32 Å². The van der Waals surface area contributed by atoms with Crippen LogP contribution >= 0.6 is 15.9 Å². The number of halogens is 1. The molecule has 1 N–H and O–H groups in total. The minimum Gasteiger partial charge on any atom is -0.543 e. The topological polar surface area (TPSA) is 95.0 Å². The van der Waals surface area contributed by atoms with Crippen molar-refractivity contribution < 1.29 is 14.7 Å². The summed E-state index contributed by atoms with van der Waals surface area (Å²) in [7, 11) is 0. The Balaban J connectivity index is 2.25. The zero-order valence-electron chi connectivity index (χ0n) is 9.46. The molecule has 7 heteroatoms. The molecule has 1 heterocycles. The fraction of sp³-hybridized carbons (Fsp3) is 0. The highest BCUT2D eigenvalue weighted by molar-refractivity contribution is 9.10. The van der Waals surface area contributed by atoms with Gasteiger partial charge >= 0.3 is 0 Å². The number of aromatic carboxylic acids is 1. The zero-order chi connectivity index (χ0) is 13.8. The Morgan fingerprint density at radius 2 is 1.63 bits per heavy atom. The summed E-state index contributed by atoms with van der Waals surface area (Å²) in [4.78, 5) is 30.0. The van der Waals surface area contributed by atoms with Gasteiger partial charge in [-0.1, -0.05) is 15.9 Å². The van der Waals surface area contributed by atoms with Crippen LogP contribution in [0.3, 0.4) is 0 Å². The monoisotopic (exact) mass is 320 g/mol. The summed E-state index contributed by atoms with van der Waals surface area (Å²) in [5.41, 5.74) is -0.259. The van der Waals surface area contributed by atoms with Crippen LogP contribution in [0.2, 0.25) is 0 Å². The molecule has 1 amide bonds. The quantitative estimate of drug-likeness (QED) is 0.904. The van der Waals surface area contributed by atoms with Crippen molar-refractivity contribution in [2.24, 2.45) is 0 Å². The third kappa shape index (κ3) is 3.14. The summed E-state index contributed by atoms with van der Waals surface area (Å²) >= 11 is 3.27. The summed E-state index contributed by atoms with van der Waals surface area (Å²) in [5.74, 6) is -2.20. The predicted octanol–water partition coefficient (Wildman–Crippen LogP) is 0.855. The maximum Gasteiger partial charge on any atom is 0.276 e. The van der Waals surface area contributed by atoms with Crippen LogP contribution in [-0.2, 0) is 0 Å². The molecule has 0 bridgehead atoms. The number of rotatable bonds is 3. The van der Waals surface area contributed by atoms with Crippen molar-refractivity contribution in [1.82, 2.24) is 9.97 Å². The Labute approximate surface area is 116 Å². The van der Waals surface area contributed by atoms with Gasteiger partial charge in [0.15, 0.2) is 5.69 Å². The van der Waals surface area contributed by atoms with Crippen LogP contribution in [0.25, 0.3) is 0 Å². The molecule has 1 aromatic heterocycles. The largest absolute Gasteiger partial charge is 0.543 e. The molecule has 1 aromatic carbocycles. The molecule has 2 rings (SSSR count). The van der Waals surface area contributed by atoms with E-state index in [9.17, 15) is 14.7 Å². The molecule has 0 spiro atoms. The fourth-order valence-corrected chi connectivity index (χ4v) is 1.64. The van der Waals surface area contributed by atoms with Crippen LogP contribution in [-0.4, -0.2) is 21.8 Å². The molecule has 6 nitrogen and oxygen atoms in total. The lowest BCUT2D eigenvalue weighted by Gasteiger charge is -2.08. The molecule has 0 unspecified atom stereocenters. The zero-order valence-corrected chi connectivity index (χ0v) is 11.0. The summed E-state index contributed by atoms with van der Waals surface area (Å²) in [6, 6.07) is 6.81. The first-order valence-corrected chi connectivity index (χ1v) is 5.96. The molecule has 0 aliphatic heterocycles. The second kappa shape index (κ2) is 5.57. The number of benzene rings is 1. The summed E-state index contributed by atoms with van der Waals surface area (Å²) in [6.45, 7) is 0. The highest BCUT2D eigenvalue weighted by Crippen LogP contribution is 2.15. The number of hydrogen-bond donors (Lipinski definition) is 1. The van der Waals surface area contributed by atoms with Crippen LogP contribution in [0.5, 0.6) is 0 Å². The standard InChI is InChI=1S/C12H8BrN3O3/c13-7-1-3-8(4-2-7)16-11(17)9-10(12(18)19)15-6-5-14-9/h1-6H,(H,16,17)(H,18,19)/p-1. The van der Waals surface area contributed by atoms with Crippen molar-refractivity contribution in [3.63, 3.8) is 0 Å². The van der Waals surface area contributed by atoms with Gasteiger partial charge in [0, 0.05) is 22.6 Å². The minimum absolute atomic E-state index is 0.287. The molecule has 0 saturated heterocycles. The van der Waals surface area contributed by atoms with E-state index in [-0.39, 0.29) is 5.69 Å². The van der Waals surface area contributed by atoms with E-state index in [1.54, 1.807) is 24.3 Å². The third-order valence-corrected chi connectivity index (χ3v) is 2.74.